The Morgan fingerprint density at radius 1 is 1.62 bits per heavy atom. The lowest BCUT2D eigenvalue weighted by molar-refractivity contribution is 1.61. The minimum absolute atomic E-state index is 0.962. The van der Waals surface area contributed by atoms with Crippen molar-refractivity contribution < 1.29 is 0 Å². The van der Waals surface area contributed by atoms with Gasteiger partial charge < -0.3 is 0 Å². The van der Waals surface area contributed by atoms with E-state index in [1.165, 1.54) is 9.95 Å². The molecule has 0 bridgehead atoms. The average molecular weight is 236 g/mol. The number of hydrogen-bond donors (Lipinski definition) is 0. The van der Waals surface area contributed by atoms with Crippen LogP contribution in [0.15, 0.2) is 22.0 Å². The third kappa shape index (κ3) is 1.26. The van der Waals surface area contributed by atoms with Gasteiger partial charge in [-0.1, -0.05) is 37.9 Å². The van der Waals surface area contributed by atoms with Gasteiger partial charge in [0.05, 0.1) is 0 Å². The lowest BCUT2D eigenvalue weighted by Crippen LogP contribution is -1.81. The molecule has 1 heterocycles. The molecule has 0 aromatic carbocycles. The van der Waals surface area contributed by atoms with Crippen molar-refractivity contribution in [1.29, 1.82) is 0 Å². The van der Waals surface area contributed by atoms with Crippen LogP contribution < -0.4 is 0 Å². The van der Waals surface area contributed by atoms with Gasteiger partial charge >= 0.3 is 0 Å². The molecule has 1 aliphatic heterocycles. The van der Waals surface area contributed by atoms with Gasteiger partial charge in [-0.05, 0) is 9.95 Å². The first-order valence-electron chi connectivity index (χ1n) is 2.44. The van der Waals surface area contributed by atoms with Crippen LogP contribution in [0.25, 0.3) is 0 Å². The van der Waals surface area contributed by atoms with E-state index >= 15 is 0 Å². The lowest BCUT2D eigenvalue weighted by atomic mass is 9.82. The Morgan fingerprint density at radius 3 is 2.62 bits per heavy atom. The van der Waals surface area contributed by atoms with E-state index in [-0.39, 0.29) is 0 Å². The van der Waals surface area contributed by atoms with Crippen LogP contribution in [0.2, 0.25) is 0 Å². The second kappa shape index (κ2) is 2.88. The summed E-state index contributed by atoms with van der Waals surface area (Å²) in [5, 5.41) is 0.962. The maximum atomic E-state index is 3.45. The van der Waals surface area contributed by atoms with Crippen molar-refractivity contribution in [3.8, 4) is 0 Å². The molecular formula is C5H5BBr2. The SMILES string of the molecule is BrCC1=C(Br)BC=C1. The molecule has 0 aliphatic carbocycles. The molecule has 0 saturated heterocycles. The van der Waals surface area contributed by atoms with Gasteiger partial charge in [-0.25, -0.2) is 0 Å². The zero-order chi connectivity index (χ0) is 5.98. The van der Waals surface area contributed by atoms with Gasteiger partial charge in [-0.15, -0.1) is 5.98 Å². The summed E-state index contributed by atoms with van der Waals surface area (Å²) < 4.78 is 1.31. The van der Waals surface area contributed by atoms with Gasteiger partial charge in [0.2, 0.25) is 0 Å². The second-order valence-corrected chi connectivity index (χ2v) is 3.19. The molecular weight excluding hydrogens is 231 g/mol. The standard InChI is InChI=1S/C5H5BBr2/c7-3-4-1-2-6-5(4)8/h1-2,6H,3H2. The van der Waals surface area contributed by atoms with Crippen molar-refractivity contribution in [3.05, 3.63) is 22.0 Å². The first-order chi connectivity index (χ1) is 3.84. The van der Waals surface area contributed by atoms with Crippen molar-refractivity contribution in [2.24, 2.45) is 0 Å². The van der Waals surface area contributed by atoms with Crippen LogP contribution in [0.5, 0.6) is 0 Å². The normalized spacial score (nSPS) is 17.2. The Kier molecular flexibility index (Phi) is 2.38. The molecule has 0 saturated carbocycles. The highest BCUT2D eigenvalue weighted by atomic mass is 79.9. The molecule has 0 atom stereocenters. The molecule has 8 heavy (non-hydrogen) atoms. The van der Waals surface area contributed by atoms with E-state index in [1.807, 2.05) is 0 Å². The molecule has 0 aromatic heterocycles. The van der Waals surface area contributed by atoms with E-state index in [1.54, 1.807) is 0 Å². The fourth-order valence-corrected chi connectivity index (χ4v) is 2.00. The van der Waals surface area contributed by atoms with Crippen molar-refractivity contribution >= 4 is 39.1 Å². The fraction of sp³-hybridized carbons (Fsp3) is 0.200. The van der Waals surface area contributed by atoms with E-state index in [4.69, 9.17) is 0 Å². The van der Waals surface area contributed by atoms with Crippen LogP contribution in [-0.4, -0.2) is 12.6 Å². The third-order valence-corrected chi connectivity index (χ3v) is 2.55. The van der Waals surface area contributed by atoms with Crippen LogP contribution in [0.1, 0.15) is 0 Å². The van der Waals surface area contributed by atoms with Crippen LogP contribution in [0, 0.1) is 0 Å². The highest BCUT2D eigenvalue weighted by molar-refractivity contribution is 9.12. The number of hydrogen-bond acceptors (Lipinski definition) is 0. The van der Waals surface area contributed by atoms with Gasteiger partial charge in [-0.2, -0.15) is 0 Å². The molecule has 0 nitrogen and oxygen atoms in total. The smallest absolute Gasteiger partial charge is 0.113 e. The molecule has 0 radical (unpaired) electrons. The third-order valence-electron chi connectivity index (χ3n) is 1.11. The highest BCUT2D eigenvalue weighted by Crippen LogP contribution is 2.19. The van der Waals surface area contributed by atoms with Gasteiger partial charge in [0.25, 0.3) is 0 Å². The maximum Gasteiger partial charge on any atom is 0.192 e. The summed E-state index contributed by atoms with van der Waals surface area (Å²) in [7, 11) is 1.07. The monoisotopic (exact) mass is 234 g/mol. The zero-order valence-corrected chi connectivity index (χ0v) is 7.50. The first kappa shape index (κ1) is 6.62. The number of alkyl halides is 1. The Labute approximate surface area is 66.5 Å². The average Bonchev–Trinajstić information content (AvgIpc) is 2.14. The zero-order valence-electron chi connectivity index (χ0n) is 4.32. The molecule has 0 N–H and O–H groups in total. The molecule has 0 aromatic rings. The minimum atomic E-state index is 0.962. The molecule has 1 rings (SSSR count). The summed E-state index contributed by atoms with van der Waals surface area (Å²) in [6.45, 7) is 0. The van der Waals surface area contributed by atoms with E-state index < -0.39 is 0 Å². The molecule has 0 spiro atoms. The maximum absolute atomic E-state index is 3.45. The Morgan fingerprint density at radius 2 is 2.38 bits per heavy atom. The van der Waals surface area contributed by atoms with Crippen LogP contribution in [0.4, 0.5) is 0 Å². The Hall–Kier alpha value is 0.505. The molecule has 3 heteroatoms. The van der Waals surface area contributed by atoms with E-state index in [0.717, 1.165) is 12.6 Å². The van der Waals surface area contributed by atoms with Gasteiger partial charge in [-0.3, -0.25) is 0 Å². The fourth-order valence-electron chi connectivity index (χ4n) is 0.643. The molecule has 1 aliphatic rings. The van der Waals surface area contributed by atoms with Crippen LogP contribution in [0.3, 0.4) is 0 Å². The van der Waals surface area contributed by atoms with Crippen molar-refractivity contribution in [3.63, 3.8) is 0 Å². The minimum Gasteiger partial charge on any atom is -0.113 e. The summed E-state index contributed by atoms with van der Waals surface area (Å²) in [5.41, 5.74) is 1.37. The molecule has 0 unspecified atom stereocenters. The number of rotatable bonds is 1. The molecule has 0 amide bonds. The predicted molar refractivity (Wildman–Crippen MR) is 46.0 cm³/mol. The van der Waals surface area contributed by atoms with Gasteiger partial charge in [0.1, 0.15) is 0 Å². The predicted octanol–water partition coefficient (Wildman–Crippen LogP) is 1.95. The van der Waals surface area contributed by atoms with Crippen molar-refractivity contribution in [2.75, 3.05) is 5.33 Å². The summed E-state index contributed by atoms with van der Waals surface area (Å²) >= 11 is 6.83. The lowest BCUT2D eigenvalue weighted by Gasteiger charge is -1.90. The quantitative estimate of drug-likeness (QED) is 0.482. The summed E-state index contributed by atoms with van der Waals surface area (Å²) in [4.78, 5) is 0. The number of halogens is 2. The van der Waals surface area contributed by atoms with E-state index in [0.29, 0.717) is 0 Å². The van der Waals surface area contributed by atoms with Gasteiger partial charge in [0, 0.05) is 5.33 Å². The van der Waals surface area contributed by atoms with Crippen LogP contribution in [-0.2, 0) is 0 Å². The van der Waals surface area contributed by atoms with Crippen molar-refractivity contribution in [1.82, 2.24) is 0 Å². The summed E-state index contributed by atoms with van der Waals surface area (Å²) in [6, 6.07) is 0. The molecule has 42 valence electrons. The Balaban J connectivity index is 2.70. The first-order valence-corrected chi connectivity index (χ1v) is 4.36. The van der Waals surface area contributed by atoms with Crippen molar-refractivity contribution in [2.45, 2.75) is 0 Å². The summed E-state index contributed by atoms with van der Waals surface area (Å²) in [6.07, 6.45) is 2.14. The molecule has 0 fully saturated rings. The van der Waals surface area contributed by atoms with Gasteiger partial charge in [0.15, 0.2) is 7.28 Å². The topological polar surface area (TPSA) is 0 Å². The van der Waals surface area contributed by atoms with Crippen LogP contribution >= 0.6 is 31.9 Å². The highest BCUT2D eigenvalue weighted by Gasteiger charge is 2.03. The second-order valence-electron chi connectivity index (χ2n) is 1.67. The van der Waals surface area contributed by atoms with E-state index in [9.17, 15) is 0 Å². The largest absolute Gasteiger partial charge is 0.192 e. The summed E-state index contributed by atoms with van der Waals surface area (Å²) in [5.74, 6) is 2.15. The van der Waals surface area contributed by atoms with E-state index in [2.05, 4.69) is 43.9 Å². The number of allylic oxidation sites excluding steroid dienone is 2. The Bertz CT molecular complexity index is 149.